The van der Waals surface area contributed by atoms with Gasteiger partial charge in [0, 0.05) is 12.1 Å². The molecule has 24 heavy (non-hydrogen) atoms. The predicted octanol–water partition coefficient (Wildman–Crippen LogP) is 4.51. The molecule has 0 saturated heterocycles. The molecule has 4 rings (SSSR count). The van der Waals surface area contributed by atoms with Crippen molar-refractivity contribution in [2.45, 2.75) is 13.5 Å². The number of rotatable bonds is 3. The SMILES string of the molecule is CC[n+]1ccc(C=CC=C2Nc3ccccc3O2)c2ccccc21. The van der Waals surface area contributed by atoms with Crippen molar-refractivity contribution in [2.75, 3.05) is 5.32 Å². The average molecular weight is 315 g/mol. The first-order valence-electron chi connectivity index (χ1n) is 8.18. The summed E-state index contributed by atoms with van der Waals surface area (Å²) in [6.45, 7) is 3.12. The summed E-state index contributed by atoms with van der Waals surface area (Å²) in [5.41, 5.74) is 3.45. The van der Waals surface area contributed by atoms with E-state index in [1.54, 1.807) is 0 Å². The molecule has 3 heteroatoms. The molecule has 0 amide bonds. The largest absolute Gasteiger partial charge is 0.439 e. The highest BCUT2D eigenvalue weighted by atomic mass is 16.5. The minimum atomic E-state index is 0.747. The van der Waals surface area contributed by atoms with Crippen molar-refractivity contribution in [1.82, 2.24) is 0 Å². The Morgan fingerprint density at radius 2 is 1.88 bits per heavy atom. The minimum absolute atomic E-state index is 0.747. The number of anilines is 1. The summed E-state index contributed by atoms with van der Waals surface area (Å²) in [5.74, 6) is 1.61. The molecule has 1 N–H and O–H groups in total. The molecule has 0 spiro atoms. The van der Waals surface area contributed by atoms with E-state index in [4.69, 9.17) is 4.74 Å². The standard InChI is InChI=1S/C21H18N2O/c1-2-23-15-14-16(17-9-3-5-11-19(17)23)8-7-13-21-22-18-10-4-6-12-20(18)24-21/h3-15H,2H2,1H3/p+1. The van der Waals surface area contributed by atoms with Crippen LogP contribution in [0.3, 0.4) is 0 Å². The molecule has 3 nitrogen and oxygen atoms in total. The molecule has 2 aromatic carbocycles. The number of benzene rings is 2. The first-order chi connectivity index (χ1) is 11.8. The number of aromatic nitrogens is 1. The summed E-state index contributed by atoms with van der Waals surface area (Å²) in [5, 5.41) is 4.51. The van der Waals surface area contributed by atoms with Gasteiger partial charge in [-0.05, 0) is 36.8 Å². The molecule has 0 radical (unpaired) electrons. The van der Waals surface area contributed by atoms with Crippen molar-refractivity contribution < 1.29 is 9.30 Å². The van der Waals surface area contributed by atoms with E-state index < -0.39 is 0 Å². The molecule has 0 aliphatic carbocycles. The zero-order chi connectivity index (χ0) is 16.4. The third-order valence-corrected chi connectivity index (χ3v) is 4.19. The van der Waals surface area contributed by atoms with Crippen LogP contribution >= 0.6 is 0 Å². The van der Waals surface area contributed by atoms with Gasteiger partial charge in [-0.15, -0.1) is 0 Å². The van der Waals surface area contributed by atoms with Crippen LogP contribution in [0, 0.1) is 0 Å². The smallest absolute Gasteiger partial charge is 0.213 e. The zero-order valence-corrected chi connectivity index (χ0v) is 13.6. The molecule has 118 valence electrons. The highest BCUT2D eigenvalue weighted by molar-refractivity contribution is 5.85. The Kier molecular flexibility index (Phi) is 3.75. The van der Waals surface area contributed by atoms with Gasteiger partial charge in [0.15, 0.2) is 17.8 Å². The number of allylic oxidation sites excluding steroid dienone is 2. The molecule has 2 heterocycles. The molecular formula is C21H19N2O+. The lowest BCUT2D eigenvalue weighted by atomic mass is 10.1. The van der Waals surface area contributed by atoms with Gasteiger partial charge in [0.2, 0.25) is 5.52 Å². The number of nitrogens with zero attached hydrogens (tertiary/aromatic N) is 1. The van der Waals surface area contributed by atoms with Gasteiger partial charge in [0.05, 0.1) is 11.1 Å². The Labute approximate surface area is 141 Å². The number of hydrogen-bond donors (Lipinski definition) is 1. The molecule has 1 aliphatic rings. The lowest BCUT2D eigenvalue weighted by Crippen LogP contribution is -2.32. The van der Waals surface area contributed by atoms with Crippen LogP contribution in [0.4, 0.5) is 5.69 Å². The second-order valence-corrected chi connectivity index (χ2v) is 5.69. The molecule has 1 aromatic heterocycles. The van der Waals surface area contributed by atoms with Crippen molar-refractivity contribution in [1.29, 1.82) is 0 Å². The molecule has 0 atom stereocenters. The Balaban J connectivity index is 1.62. The van der Waals surface area contributed by atoms with Crippen molar-refractivity contribution in [2.24, 2.45) is 0 Å². The maximum absolute atomic E-state index is 5.76. The summed E-state index contributed by atoms with van der Waals surface area (Å²) < 4.78 is 8.02. The van der Waals surface area contributed by atoms with Crippen LogP contribution in [0.1, 0.15) is 12.5 Å². The number of fused-ring (bicyclic) bond motifs is 2. The lowest BCUT2D eigenvalue weighted by molar-refractivity contribution is -0.667. The topological polar surface area (TPSA) is 25.1 Å². The van der Waals surface area contributed by atoms with Gasteiger partial charge >= 0.3 is 0 Å². The lowest BCUT2D eigenvalue weighted by Gasteiger charge is -2.02. The monoisotopic (exact) mass is 315 g/mol. The zero-order valence-electron chi connectivity index (χ0n) is 13.6. The number of nitrogens with one attached hydrogen (secondary N) is 1. The number of para-hydroxylation sites is 3. The summed E-state index contributed by atoms with van der Waals surface area (Å²) in [4.78, 5) is 0. The summed E-state index contributed by atoms with van der Waals surface area (Å²) >= 11 is 0. The highest BCUT2D eigenvalue weighted by Gasteiger charge is 2.14. The van der Waals surface area contributed by atoms with E-state index in [2.05, 4.69) is 59.4 Å². The number of ether oxygens (including phenoxy) is 1. The molecule has 0 bridgehead atoms. The van der Waals surface area contributed by atoms with E-state index in [1.165, 1.54) is 16.5 Å². The van der Waals surface area contributed by atoms with Crippen molar-refractivity contribution in [3.63, 3.8) is 0 Å². The summed E-state index contributed by atoms with van der Waals surface area (Å²) in [7, 11) is 0. The van der Waals surface area contributed by atoms with E-state index in [0.29, 0.717) is 0 Å². The van der Waals surface area contributed by atoms with Crippen LogP contribution in [0.25, 0.3) is 17.0 Å². The van der Waals surface area contributed by atoms with Crippen LogP contribution in [-0.4, -0.2) is 0 Å². The van der Waals surface area contributed by atoms with E-state index in [9.17, 15) is 0 Å². The summed E-state index contributed by atoms with van der Waals surface area (Å²) in [6.07, 6.45) is 8.22. The van der Waals surface area contributed by atoms with Crippen LogP contribution in [0.2, 0.25) is 0 Å². The van der Waals surface area contributed by atoms with Gasteiger partial charge in [-0.25, -0.2) is 0 Å². The van der Waals surface area contributed by atoms with E-state index in [0.717, 1.165) is 23.9 Å². The van der Waals surface area contributed by atoms with Crippen molar-refractivity contribution in [3.05, 3.63) is 84.4 Å². The van der Waals surface area contributed by atoms with E-state index >= 15 is 0 Å². The normalized spacial score (nSPS) is 14.8. The van der Waals surface area contributed by atoms with Gasteiger partial charge in [-0.3, -0.25) is 0 Å². The van der Waals surface area contributed by atoms with Crippen molar-refractivity contribution in [3.8, 4) is 5.75 Å². The van der Waals surface area contributed by atoms with Gasteiger partial charge in [0.25, 0.3) is 0 Å². The van der Waals surface area contributed by atoms with Crippen LogP contribution in [0.5, 0.6) is 5.75 Å². The molecule has 0 unspecified atom stereocenters. The number of pyridine rings is 1. The fraction of sp³-hybridized carbons (Fsp3) is 0.0952. The second-order valence-electron chi connectivity index (χ2n) is 5.69. The first kappa shape index (κ1) is 14.5. The highest BCUT2D eigenvalue weighted by Crippen LogP contribution is 2.32. The summed E-state index contributed by atoms with van der Waals surface area (Å²) in [6, 6.07) is 18.6. The Bertz CT molecular complexity index is 930. The van der Waals surface area contributed by atoms with Gasteiger partial charge in [-0.1, -0.05) is 36.4 Å². The number of aryl methyl sites for hydroxylation is 1. The fourth-order valence-corrected chi connectivity index (χ4v) is 2.98. The maximum Gasteiger partial charge on any atom is 0.213 e. The van der Waals surface area contributed by atoms with Crippen molar-refractivity contribution >= 4 is 22.7 Å². The van der Waals surface area contributed by atoms with E-state index in [-0.39, 0.29) is 0 Å². The van der Waals surface area contributed by atoms with Crippen LogP contribution < -0.4 is 14.6 Å². The quantitative estimate of drug-likeness (QED) is 0.720. The van der Waals surface area contributed by atoms with Gasteiger partial charge in [-0.2, -0.15) is 4.57 Å². The predicted molar refractivity (Wildman–Crippen MR) is 97.6 cm³/mol. The molecule has 0 saturated carbocycles. The molecule has 1 aliphatic heterocycles. The fourth-order valence-electron chi connectivity index (χ4n) is 2.98. The Morgan fingerprint density at radius 3 is 2.75 bits per heavy atom. The Morgan fingerprint density at radius 1 is 1.04 bits per heavy atom. The first-order valence-corrected chi connectivity index (χ1v) is 8.18. The Hall–Kier alpha value is -3.07. The third kappa shape index (κ3) is 2.65. The molecule has 0 fully saturated rings. The second kappa shape index (κ2) is 6.20. The molecular weight excluding hydrogens is 296 g/mol. The maximum atomic E-state index is 5.76. The van der Waals surface area contributed by atoms with Crippen LogP contribution in [0.15, 0.2) is 78.8 Å². The number of hydrogen-bond acceptors (Lipinski definition) is 2. The average Bonchev–Trinajstić information content (AvgIpc) is 3.04. The van der Waals surface area contributed by atoms with Gasteiger partial charge in [0.1, 0.15) is 6.54 Å². The minimum Gasteiger partial charge on any atom is -0.439 e. The van der Waals surface area contributed by atoms with E-state index in [1.807, 2.05) is 36.4 Å². The third-order valence-electron chi connectivity index (χ3n) is 4.19. The van der Waals surface area contributed by atoms with Gasteiger partial charge < -0.3 is 10.1 Å². The van der Waals surface area contributed by atoms with Crippen LogP contribution in [-0.2, 0) is 6.54 Å². The molecule has 3 aromatic rings.